The molecule has 0 atom stereocenters. The Labute approximate surface area is 136 Å². The molecule has 0 unspecified atom stereocenters. The Morgan fingerprint density at radius 1 is 1.26 bits per heavy atom. The second kappa shape index (κ2) is 7.50. The number of benzene rings is 1. The number of thiazole rings is 1. The predicted octanol–water partition coefficient (Wildman–Crippen LogP) is 1.91. The van der Waals surface area contributed by atoms with Crippen LogP contribution in [0, 0.1) is 6.92 Å². The number of carboxylic acid groups (broad SMARTS) is 1. The molecule has 1 heterocycles. The molecule has 0 spiro atoms. The van der Waals surface area contributed by atoms with E-state index in [0.29, 0.717) is 10.7 Å². The van der Waals surface area contributed by atoms with Gasteiger partial charge in [0, 0.05) is 17.5 Å². The quantitative estimate of drug-likeness (QED) is 0.748. The second-order valence-electron chi connectivity index (χ2n) is 4.76. The number of aryl methyl sites for hydroxylation is 1. The monoisotopic (exact) mass is 333 g/mol. The van der Waals surface area contributed by atoms with E-state index in [9.17, 15) is 14.4 Å². The van der Waals surface area contributed by atoms with Gasteiger partial charge in [-0.15, -0.1) is 11.3 Å². The van der Waals surface area contributed by atoms with Gasteiger partial charge in [-0.05, 0) is 19.1 Å². The molecule has 0 saturated heterocycles. The van der Waals surface area contributed by atoms with E-state index < -0.39 is 11.9 Å². The van der Waals surface area contributed by atoms with Gasteiger partial charge in [0.05, 0.1) is 6.42 Å². The van der Waals surface area contributed by atoms with Gasteiger partial charge in [0.25, 0.3) is 11.8 Å². The number of aliphatic carboxylic acids is 1. The lowest BCUT2D eigenvalue weighted by Crippen LogP contribution is -2.26. The summed E-state index contributed by atoms with van der Waals surface area (Å²) in [7, 11) is 0. The first-order valence-electron chi connectivity index (χ1n) is 6.79. The van der Waals surface area contributed by atoms with Gasteiger partial charge in [0.1, 0.15) is 5.69 Å². The molecule has 1 aromatic heterocycles. The number of aromatic nitrogens is 1. The van der Waals surface area contributed by atoms with Crippen LogP contribution < -0.4 is 10.6 Å². The zero-order chi connectivity index (χ0) is 16.8. The molecule has 3 N–H and O–H groups in total. The minimum Gasteiger partial charge on any atom is -0.481 e. The number of nitrogens with zero attached hydrogens (tertiary/aromatic N) is 1. The molecule has 0 bridgehead atoms. The van der Waals surface area contributed by atoms with Crippen LogP contribution in [0.25, 0.3) is 0 Å². The van der Waals surface area contributed by atoms with Gasteiger partial charge in [-0.3, -0.25) is 19.7 Å². The predicted molar refractivity (Wildman–Crippen MR) is 85.8 cm³/mol. The topological polar surface area (TPSA) is 108 Å². The van der Waals surface area contributed by atoms with E-state index in [1.807, 2.05) is 13.0 Å². The van der Waals surface area contributed by atoms with Crippen molar-refractivity contribution in [1.82, 2.24) is 10.3 Å². The molecule has 7 nitrogen and oxygen atoms in total. The van der Waals surface area contributed by atoms with Crippen LogP contribution in [0.5, 0.6) is 0 Å². The molecule has 1 aromatic carbocycles. The van der Waals surface area contributed by atoms with Crippen molar-refractivity contribution < 1.29 is 19.5 Å². The molecule has 120 valence electrons. The lowest BCUT2D eigenvalue weighted by Gasteiger charge is -2.02. The van der Waals surface area contributed by atoms with Crippen LogP contribution in [-0.4, -0.2) is 34.4 Å². The number of carbonyl (C=O) groups excluding carboxylic acids is 2. The summed E-state index contributed by atoms with van der Waals surface area (Å²) in [6, 6.07) is 7.12. The van der Waals surface area contributed by atoms with Crippen molar-refractivity contribution in [1.29, 1.82) is 0 Å². The Balaban J connectivity index is 1.95. The SMILES string of the molecule is Cc1cccc(C(=O)Nc2nc(C(=O)NCCC(=O)O)cs2)c1. The summed E-state index contributed by atoms with van der Waals surface area (Å²) < 4.78 is 0. The van der Waals surface area contributed by atoms with Crippen LogP contribution in [-0.2, 0) is 4.79 Å². The molecule has 2 rings (SSSR count). The van der Waals surface area contributed by atoms with Gasteiger partial charge >= 0.3 is 5.97 Å². The molecule has 8 heteroatoms. The minimum absolute atomic E-state index is 0.0245. The van der Waals surface area contributed by atoms with Crippen LogP contribution in [0.15, 0.2) is 29.6 Å². The zero-order valence-electron chi connectivity index (χ0n) is 12.3. The fraction of sp³-hybridized carbons (Fsp3) is 0.200. The molecule has 0 radical (unpaired) electrons. The number of hydrogen-bond donors (Lipinski definition) is 3. The fourth-order valence-electron chi connectivity index (χ4n) is 1.76. The summed E-state index contributed by atoms with van der Waals surface area (Å²) in [5, 5.41) is 15.4. The van der Waals surface area contributed by atoms with Crippen molar-refractivity contribution in [2.24, 2.45) is 0 Å². The van der Waals surface area contributed by atoms with Crippen molar-refractivity contribution in [3.8, 4) is 0 Å². The van der Waals surface area contributed by atoms with E-state index >= 15 is 0 Å². The highest BCUT2D eigenvalue weighted by Gasteiger charge is 2.13. The van der Waals surface area contributed by atoms with Gasteiger partial charge in [-0.25, -0.2) is 4.98 Å². The Hall–Kier alpha value is -2.74. The molecule has 0 aliphatic rings. The number of nitrogens with one attached hydrogen (secondary N) is 2. The van der Waals surface area contributed by atoms with Crippen molar-refractivity contribution in [3.63, 3.8) is 0 Å². The summed E-state index contributed by atoms with van der Waals surface area (Å²) >= 11 is 1.12. The van der Waals surface area contributed by atoms with Crippen LogP contribution >= 0.6 is 11.3 Å². The highest BCUT2D eigenvalue weighted by molar-refractivity contribution is 7.14. The first-order chi connectivity index (χ1) is 11.0. The van der Waals surface area contributed by atoms with Gasteiger partial charge in [-0.2, -0.15) is 0 Å². The third-order valence-electron chi connectivity index (χ3n) is 2.86. The van der Waals surface area contributed by atoms with Crippen molar-refractivity contribution in [3.05, 3.63) is 46.5 Å². The van der Waals surface area contributed by atoms with Gasteiger partial charge in [0.15, 0.2) is 5.13 Å². The van der Waals surface area contributed by atoms with Crippen LogP contribution in [0.4, 0.5) is 5.13 Å². The van der Waals surface area contributed by atoms with Crippen molar-refractivity contribution in [2.45, 2.75) is 13.3 Å². The van der Waals surface area contributed by atoms with Gasteiger partial charge in [0.2, 0.25) is 0 Å². The summed E-state index contributed by atoms with van der Waals surface area (Å²) in [6.07, 6.45) is -0.160. The van der Waals surface area contributed by atoms with E-state index in [0.717, 1.165) is 16.9 Å². The summed E-state index contributed by atoms with van der Waals surface area (Å²) in [5.74, 6) is -1.77. The van der Waals surface area contributed by atoms with Gasteiger partial charge in [-0.1, -0.05) is 17.7 Å². The standard InChI is InChI=1S/C15H15N3O4S/c1-9-3-2-4-10(7-9)13(21)18-15-17-11(8-23-15)14(22)16-6-5-12(19)20/h2-4,7-8H,5-6H2,1H3,(H,16,22)(H,19,20)(H,17,18,21). The maximum atomic E-state index is 12.1. The first kappa shape index (κ1) is 16.6. The second-order valence-corrected chi connectivity index (χ2v) is 5.62. The zero-order valence-corrected chi connectivity index (χ0v) is 13.1. The fourth-order valence-corrected chi connectivity index (χ4v) is 2.45. The number of rotatable bonds is 6. The number of carbonyl (C=O) groups is 3. The Bertz CT molecular complexity index is 742. The maximum Gasteiger partial charge on any atom is 0.305 e. The van der Waals surface area contributed by atoms with E-state index in [-0.39, 0.29) is 24.6 Å². The summed E-state index contributed by atoms with van der Waals surface area (Å²) in [6.45, 7) is 1.91. The van der Waals surface area contributed by atoms with E-state index in [1.54, 1.807) is 18.2 Å². The number of carboxylic acids is 1. The average molecular weight is 333 g/mol. The molecule has 0 aliphatic carbocycles. The van der Waals surface area contributed by atoms with Crippen LogP contribution in [0.2, 0.25) is 0 Å². The van der Waals surface area contributed by atoms with Crippen molar-refractivity contribution in [2.75, 3.05) is 11.9 Å². The van der Waals surface area contributed by atoms with Crippen LogP contribution in [0.1, 0.15) is 32.8 Å². The third-order valence-corrected chi connectivity index (χ3v) is 3.62. The highest BCUT2D eigenvalue weighted by Crippen LogP contribution is 2.16. The van der Waals surface area contributed by atoms with Crippen molar-refractivity contribution >= 4 is 34.3 Å². The Kier molecular flexibility index (Phi) is 5.42. The highest BCUT2D eigenvalue weighted by atomic mass is 32.1. The van der Waals surface area contributed by atoms with Crippen LogP contribution in [0.3, 0.4) is 0 Å². The molecular formula is C15H15N3O4S. The largest absolute Gasteiger partial charge is 0.481 e. The maximum absolute atomic E-state index is 12.1. The van der Waals surface area contributed by atoms with Gasteiger partial charge < -0.3 is 10.4 Å². The smallest absolute Gasteiger partial charge is 0.305 e. The minimum atomic E-state index is -0.991. The molecule has 0 saturated carbocycles. The molecule has 23 heavy (non-hydrogen) atoms. The normalized spacial score (nSPS) is 10.1. The lowest BCUT2D eigenvalue weighted by atomic mass is 10.1. The molecular weight excluding hydrogens is 318 g/mol. The molecule has 0 fully saturated rings. The number of anilines is 1. The third kappa shape index (κ3) is 4.89. The number of amides is 2. The Morgan fingerprint density at radius 2 is 2.04 bits per heavy atom. The summed E-state index contributed by atoms with van der Waals surface area (Å²) in [4.78, 5) is 38.3. The average Bonchev–Trinajstić information content (AvgIpc) is 2.95. The molecule has 2 aromatic rings. The lowest BCUT2D eigenvalue weighted by molar-refractivity contribution is -0.136. The summed E-state index contributed by atoms with van der Waals surface area (Å²) in [5.41, 5.74) is 1.61. The molecule has 0 aliphatic heterocycles. The number of hydrogen-bond acceptors (Lipinski definition) is 5. The first-order valence-corrected chi connectivity index (χ1v) is 7.67. The van der Waals surface area contributed by atoms with E-state index in [1.165, 1.54) is 5.38 Å². The van der Waals surface area contributed by atoms with E-state index in [2.05, 4.69) is 15.6 Å². The van der Waals surface area contributed by atoms with E-state index in [4.69, 9.17) is 5.11 Å². The molecule has 2 amide bonds. The Morgan fingerprint density at radius 3 is 2.74 bits per heavy atom.